The van der Waals surface area contributed by atoms with Crippen molar-refractivity contribution in [3.05, 3.63) is 18.5 Å². The average molecular weight is 238 g/mol. The Morgan fingerprint density at radius 1 is 1.25 bits per heavy atom. The number of hydrogen-bond donors (Lipinski definition) is 1. The molecule has 0 unspecified atom stereocenters. The molecule has 6 heteroatoms. The molecule has 0 aromatic carbocycles. The fourth-order valence-corrected chi connectivity index (χ4v) is 1.91. The number of aromatic nitrogens is 2. The minimum Gasteiger partial charge on any atom is -0.338 e. The lowest BCUT2D eigenvalue weighted by Gasteiger charge is -2.34. The van der Waals surface area contributed by atoms with Crippen LogP contribution in [-0.4, -0.2) is 52.7 Å². The van der Waals surface area contributed by atoms with Crippen molar-refractivity contribution in [2.75, 3.05) is 36.8 Å². The maximum absolute atomic E-state index is 11.4. The van der Waals surface area contributed by atoms with Gasteiger partial charge in [-0.25, -0.2) is 9.97 Å². The Hall–Kier alpha value is -1.30. The molecule has 0 N–H and O–H groups in total. The van der Waals surface area contributed by atoms with E-state index < -0.39 is 0 Å². The number of carbonyl (C=O) groups is 1. The predicted molar refractivity (Wildman–Crippen MR) is 64.7 cm³/mol. The van der Waals surface area contributed by atoms with Gasteiger partial charge in [-0.2, -0.15) is 12.6 Å². The molecule has 0 saturated carbocycles. The van der Waals surface area contributed by atoms with Gasteiger partial charge < -0.3 is 9.80 Å². The molecular formula is C10H14N4OS. The van der Waals surface area contributed by atoms with E-state index in [2.05, 4.69) is 27.5 Å². The Labute approximate surface area is 99.9 Å². The van der Waals surface area contributed by atoms with Crippen LogP contribution in [0.3, 0.4) is 0 Å². The summed E-state index contributed by atoms with van der Waals surface area (Å²) in [7, 11) is 0. The number of nitrogens with zero attached hydrogens (tertiary/aromatic N) is 4. The van der Waals surface area contributed by atoms with E-state index in [4.69, 9.17) is 0 Å². The van der Waals surface area contributed by atoms with Crippen LogP contribution in [0, 0.1) is 0 Å². The minimum atomic E-state index is 0.0944. The average Bonchev–Trinajstić information content (AvgIpc) is 2.39. The lowest BCUT2D eigenvalue weighted by atomic mass is 10.3. The molecule has 1 amide bonds. The summed E-state index contributed by atoms with van der Waals surface area (Å²) in [6.07, 6.45) is 3.46. The van der Waals surface area contributed by atoms with Gasteiger partial charge in [0.2, 0.25) is 11.9 Å². The van der Waals surface area contributed by atoms with E-state index in [9.17, 15) is 4.79 Å². The number of carbonyl (C=O) groups excluding carboxylic acids is 1. The smallest absolute Gasteiger partial charge is 0.232 e. The van der Waals surface area contributed by atoms with Crippen LogP contribution in [0.1, 0.15) is 0 Å². The highest BCUT2D eigenvalue weighted by Gasteiger charge is 2.21. The highest BCUT2D eigenvalue weighted by atomic mass is 32.1. The molecule has 0 spiro atoms. The predicted octanol–water partition coefficient (Wildman–Crippen LogP) is 0.0550. The zero-order valence-electron chi connectivity index (χ0n) is 8.91. The second kappa shape index (κ2) is 5.16. The maximum atomic E-state index is 11.4. The van der Waals surface area contributed by atoms with Gasteiger partial charge in [0.1, 0.15) is 0 Å². The highest BCUT2D eigenvalue weighted by Crippen LogP contribution is 2.09. The summed E-state index contributed by atoms with van der Waals surface area (Å²) in [5, 5.41) is 0. The minimum absolute atomic E-state index is 0.0944. The van der Waals surface area contributed by atoms with Crippen molar-refractivity contribution in [2.45, 2.75) is 0 Å². The normalized spacial score (nSPS) is 16.3. The van der Waals surface area contributed by atoms with Crippen molar-refractivity contribution in [1.29, 1.82) is 0 Å². The molecule has 0 radical (unpaired) electrons. The van der Waals surface area contributed by atoms with E-state index in [1.165, 1.54) is 0 Å². The molecule has 0 atom stereocenters. The summed E-state index contributed by atoms with van der Waals surface area (Å²) >= 11 is 3.99. The van der Waals surface area contributed by atoms with E-state index in [1.54, 1.807) is 18.5 Å². The monoisotopic (exact) mass is 238 g/mol. The number of amides is 1. The number of anilines is 1. The van der Waals surface area contributed by atoms with E-state index in [1.807, 2.05) is 4.90 Å². The van der Waals surface area contributed by atoms with Gasteiger partial charge >= 0.3 is 0 Å². The zero-order valence-corrected chi connectivity index (χ0v) is 9.81. The maximum Gasteiger partial charge on any atom is 0.232 e. The molecule has 0 aliphatic carbocycles. The molecule has 1 aliphatic rings. The zero-order chi connectivity index (χ0) is 11.4. The van der Waals surface area contributed by atoms with E-state index >= 15 is 0 Å². The fourth-order valence-electron chi connectivity index (χ4n) is 1.71. The van der Waals surface area contributed by atoms with Crippen LogP contribution in [0.25, 0.3) is 0 Å². The van der Waals surface area contributed by atoms with Crippen molar-refractivity contribution >= 4 is 24.5 Å². The number of piperazine rings is 1. The van der Waals surface area contributed by atoms with Crippen LogP contribution >= 0.6 is 12.6 Å². The first-order valence-electron chi connectivity index (χ1n) is 5.22. The van der Waals surface area contributed by atoms with Gasteiger partial charge in [0.25, 0.3) is 0 Å². The third kappa shape index (κ3) is 2.44. The van der Waals surface area contributed by atoms with Crippen LogP contribution in [-0.2, 0) is 4.79 Å². The first-order chi connectivity index (χ1) is 7.81. The summed E-state index contributed by atoms with van der Waals surface area (Å²) in [6, 6.07) is 1.80. The van der Waals surface area contributed by atoms with Crippen LogP contribution in [0.2, 0.25) is 0 Å². The second-order valence-electron chi connectivity index (χ2n) is 3.57. The molecule has 16 heavy (non-hydrogen) atoms. The van der Waals surface area contributed by atoms with Gasteiger partial charge in [0, 0.05) is 38.6 Å². The van der Waals surface area contributed by atoms with Crippen LogP contribution in [0.15, 0.2) is 18.5 Å². The van der Waals surface area contributed by atoms with E-state index in [0.29, 0.717) is 0 Å². The van der Waals surface area contributed by atoms with Gasteiger partial charge in [-0.15, -0.1) is 0 Å². The first-order valence-corrected chi connectivity index (χ1v) is 5.85. The summed E-state index contributed by atoms with van der Waals surface area (Å²) in [5.74, 6) is 1.11. The summed E-state index contributed by atoms with van der Waals surface area (Å²) < 4.78 is 0. The standard InChI is InChI=1S/C10H14N4OS/c15-9(8-16)13-4-6-14(7-5-13)10-11-2-1-3-12-10/h1-3,16H,4-8H2. The third-order valence-corrected chi connectivity index (χ3v) is 2.87. The van der Waals surface area contributed by atoms with Gasteiger partial charge in [-0.1, -0.05) is 0 Å². The van der Waals surface area contributed by atoms with Gasteiger partial charge in [0.05, 0.1) is 5.75 Å². The largest absolute Gasteiger partial charge is 0.338 e. The molecule has 5 nitrogen and oxygen atoms in total. The van der Waals surface area contributed by atoms with Gasteiger partial charge in [0.15, 0.2) is 0 Å². The molecule has 0 bridgehead atoms. The number of rotatable bonds is 2. The van der Waals surface area contributed by atoms with Crippen LogP contribution in [0.4, 0.5) is 5.95 Å². The molecule has 1 aliphatic heterocycles. The molecule has 2 rings (SSSR count). The molecule has 1 fully saturated rings. The van der Waals surface area contributed by atoms with Crippen molar-refractivity contribution in [3.63, 3.8) is 0 Å². The Balaban J connectivity index is 1.93. The van der Waals surface area contributed by atoms with Crippen molar-refractivity contribution in [1.82, 2.24) is 14.9 Å². The van der Waals surface area contributed by atoms with Crippen LogP contribution < -0.4 is 4.90 Å². The third-order valence-electron chi connectivity index (χ3n) is 2.60. The molecular weight excluding hydrogens is 224 g/mol. The summed E-state index contributed by atoms with van der Waals surface area (Å²) in [4.78, 5) is 23.7. The lowest BCUT2D eigenvalue weighted by Crippen LogP contribution is -2.49. The molecule has 1 aromatic rings. The topological polar surface area (TPSA) is 49.3 Å². The Morgan fingerprint density at radius 3 is 2.44 bits per heavy atom. The Morgan fingerprint density at radius 2 is 1.88 bits per heavy atom. The van der Waals surface area contributed by atoms with Crippen molar-refractivity contribution in [2.24, 2.45) is 0 Å². The number of thiol groups is 1. The molecule has 1 aromatic heterocycles. The summed E-state index contributed by atoms with van der Waals surface area (Å²) in [6.45, 7) is 3.00. The quantitative estimate of drug-likeness (QED) is 0.740. The first kappa shape index (κ1) is 11.2. The fraction of sp³-hybridized carbons (Fsp3) is 0.500. The van der Waals surface area contributed by atoms with E-state index in [-0.39, 0.29) is 11.7 Å². The molecule has 1 saturated heterocycles. The number of hydrogen-bond acceptors (Lipinski definition) is 5. The summed E-state index contributed by atoms with van der Waals surface area (Å²) in [5.41, 5.74) is 0. The van der Waals surface area contributed by atoms with Crippen molar-refractivity contribution in [3.8, 4) is 0 Å². The lowest BCUT2D eigenvalue weighted by molar-refractivity contribution is -0.128. The van der Waals surface area contributed by atoms with Crippen molar-refractivity contribution < 1.29 is 4.79 Å². The SMILES string of the molecule is O=C(CS)N1CCN(c2ncccn2)CC1. The molecule has 2 heterocycles. The van der Waals surface area contributed by atoms with Gasteiger partial charge in [-0.3, -0.25) is 4.79 Å². The Kier molecular flexibility index (Phi) is 3.61. The Bertz CT molecular complexity index is 351. The second-order valence-corrected chi connectivity index (χ2v) is 3.89. The van der Waals surface area contributed by atoms with Crippen LogP contribution in [0.5, 0.6) is 0 Å². The molecule has 86 valence electrons. The highest BCUT2D eigenvalue weighted by molar-refractivity contribution is 7.81. The van der Waals surface area contributed by atoms with Gasteiger partial charge in [-0.05, 0) is 6.07 Å². The van der Waals surface area contributed by atoms with E-state index in [0.717, 1.165) is 32.1 Å².